The first-order valence-electron chi connectivity index (χ1n) is 7.42. The molecule has 23 heavy (non-hydrogen) atoms. The van der Waals surface area contributed by atoms with E-state index in [1.807, 2.05) is 45.4 Å². The average molecular weight is 309 g/mol. The molecule has 2 heterocycles. The topological polar surface area (TPSA) is 75.9 Å². The third-order valence-electron chi connectivity index (χ3n) is 3.59. The summed E-state index contributed by atoms with van der Waals surface area (Å²) in [6, 6.07) is 9.01. The van der Waals surface area contributed by atoms with Crippen LogP contribution in [0.15, 0.2) is 42.7 Å². The Hall–Kier alpha value is -2.89. The Kier molecular flexibility index (Phi) is 3.97. The molecule has 0 fully saturated rings. The summed E-state index contributed by atoms with van der Waals surface area (Å²) >= 11 is 0. The summed E-state index contributed by atoms with van der Waals surface area (Å²) in [7, 11) is 1.89. The summed E-state index contributed by atoms with van der Waals surface area (Å²) in [6.07, 6.45) is 3.80. The van der Waals surface area contributed by atoms with E-state index in [9.17, 15) is 5.11 Å². The first-order valence-corrected chi connectivity index (χ1v) is 7.42. The van der Waals surface area contributed by atoms with Crippen molar-refractivity contribution >= 4 is 5.82 Å². The van der Waals surface area contributed by atoms with Crippen molar-refractivity contribution in [1.29, 1.82) is 0 Å². The van der Waals surface area contributed by atoms with Crippen LogP contribution >= 0.6 is 0 Å². The normalized spacial score (nSPS) is 12.1. The Morgan fingerprint density at radius 1 is 1.22 bits per heavy atom. The molecule has 0 radical (unpaired) electrons. The minimum Gasteiger partial charge on any atom is -0.507 e. The Balaban J connectivity index is 1.90. The number of phenols is 1. The molecule has 2 N–H and O–H groups in total. The summed E-state index contributed by atoms with van der Waals surface area (Å²) in [4.78, 5) is 8.95. The fourth-order valence-corrected chi connectivity index (χ4v) is 2.39. The molecule has 0 aliphatic rings. The van der Waals surface area contributed by atoms with E-state index in [1.165, 1.54) is 0 Å². The van der Waals surface area contributed by atoms with E-state index in [4.69, 9.17) is 0 Å². The molecular formula is C17H19N5O. The highest BCUT2D eigenvalue weighted by atomic mass is 16.3. The molecule has 6 heteroatoms. The molecule has 0 spiro atoms. The zero-order valence-electron chi connectivity index (χ0n) is 13.4. The second-order valence-electron chi connectivity index (χ2n) is 5.55. The zero-order chi connectivity index (χ0) is 16.4. The molecule has 6 nitrogen and oxygen atoms in total. The van der Waals surface area contributed by atoms with Gasteiger partial charge in [0, 0.05) is 30.6 Å². The number of para-hydroxylation sites is 1. The van der Waals surface area contributed by atoms with Crippen LogP contribution in [0.4, 0.5) is 5.82 Å². The van der Waals surface area contributed by atoms with E-state index in [0.717, 1.165) is 11.3 Å². The summed E-state index contributed by atoms with van der Waals surface area (Å²) in [5.74, 6) is 1.39. The number of aromatic hydroxyl groups is 1. The highest BCUT2D eigenvalue weighted by Gasteiger charge is 2.12. The SMILES string of the molecule is Cc1cc(NC(C)c2cnn(C)c2)nc(-c2ccccc2O)n1. The van der Waals surface area contributed by atoms with Crippen LogP contribution in [0.1, 0.15) is 24.2 Å². The van der Waals surface area contributed by atoms with Crippen molar-refractivity contribution in [3.8, 4) is 17.1 Å². The lowest BCUT2D eigenvalue weighted by atomic mass is 10.1. The van der Waals surface area contributed by atoms with Crippen molar-refractivity contribution in [3.05, 3.63) is 54.0 Å². The van der Waals surface area contributed by atoms with Gasteiger partial charge >= 0.3 is 0 Å². The average Bonchev–Trinajstić information content (AvgIpc) is 2.94. The first-order chi connectivity index (χ1) is 11.0. The molecule has 1 aromatic carbocycles. The molecule has 2 aromatic heterocycles. The fraction of sp³-hybridized carbons (Fsp3) is 0.235. The van der Waals surface area contributed by atoms with Gasteiger partial charge in [-0.25, -0.2) is 9.97 Å². The Bertz CT molecular complexity index is 827. The molecule has 0 bridgehead atoms. The molecule has 0 saturated carbocycles. The van der Waals surface area contributed by atoms with E-state index in [0.29, 0.717) is 17.2 Å². The molecule has 0 amide bonds. The largest absolute Gasteiger partial charge is 0.507 e. The molecule has 1 unspecified atom stereocenters. The summed E-state index contributed by atoms with van der Waals surface area (Å²) < 4.78 is 1.77. The lowest BCUT2D eigenvalue weighted by Crippen LogP contribution is -2.08. The van der Waals surface area contributed by atoms with Crippen LogP contribution in [-0.4, -0.2) is 24.9 Å². The maximum Gasteiger partial charge on any atom is 0.165 e. The van der Waals surface area contributed by atoms with Gasteiger partial charge in [0.1, 0.15) is 11.6 Å². The molecular weight excluding hydrogens is 290 g/mol. The minimum atomic E-state index is 0.0650. The molecule has 0 aliphatic heterocycles. The minimum absolute atomic E-state index is 0.0650. The number of hydrogen-bond donors (Lipinski definition) is 2. The van der Waals surface area contributed by atoms with E-state index >= 15 is 0 Å². The molecule has 1 atom stereocenters. The molecule has 118 valence electrons. The van der Waals surface area contributed by atoms with Crippen molar-refractivity contribution < 1.29 is 5.11 Å². The van der Waals surface area contributed by atoms with Crippen LogP contribution in [0, 0.1) is 6.92 Å². The highest BCUT2D eigenvalue weighted by Crippen LogP contribution is 2.27. The third kappa shape index (κ3) is 3.31. The Morgan fingerprint density at radius 2 is 2.00 bits per heavy atom. The quantitative estimate of drug-likeness (QED) is 0.774. The number of benzene rings is 1. The van der Waals surface area contributed by atoms with Crippen molar-refractivity contribution in [2.75, 3.05) is 5.32 Å². The van der Waals surface area contributed by atoms with E-state index in [-0.39, 0.29) is 11.8 Å². The van der Waals surface area contributed by atoms with Crippen molar-refractivity contribution in [1.82, 2.24) is 19.7 Å². The maximum absolute atomic E-state index is 10.00. The number of aryl methyl sites for hydroxylation is 2. The second kappa shape index (κ2) is 6.08. The van der Waals surface area contributed by atoms with Crippen LogP contribution in [0.5, 0.6) is 5.75 Å². The molecule has 0 aliphatic carbocycles. The maximum atomic E-state index is 10.00. The van der Waals surface area contributed by atoms with Crippen molar-refractivity contribution in [3.63, 3.8) is 0 Å². The van der Waals surface area contributed by atoms with Gasteiger partial charge in [0.25, 0.3) is 0 Å². The predicted octanol–water partition coefficient (Wildman–Crippen LogP) is 3.06. The second-order valence-corrected chi connectivity index (χ2v) is 5.55. The van der Waals surface area contributed by atoms with E-state index in [2.05, 4.69) is 20.4 Å². The standard InChI is InChI=1S/C17H19N5O/c1-11-8-16(20-12(2)13-9-18-22(3)10-13)21-17(19-11)14-6-4-5-7-15(14)23/h4-10,12,23H,1-3H3,(H,19,20,21). The number of hydrogen-bond acceptors (Lipinski definition) is 5. The third-order valence-corrected chi connectivity index (χ3v) is 3.59. The van der Waals surface area contributed by atoms with Crippen LogP contribution < -0.4 is 5.32 Å². The van der Waals surface area contributed by atoms with Gasteiger partial charge in [-0.2, -0.15) is 5.10 Å². The zero-order valence-corrected chi connectivity index (χ0v) is 13.4. The lowest BCUT2D eigenvalue weighted by molar-refractivity contribution is 0.477. The van der Waals surface area contributed by atoms with Gasteiger partial charge < -0.3 is 10.4 Å². The number of aromatic nitrogens is 4. The predicted molar refractivity (Wildman–Crippen MR) is 89.1 cm³/mol. The number of rotatable bonds is 4. The van der Waals surface area contributed by atoms with Gasteiger partial charge in [0.2, 0.25) is 0 Å². The van der Waals surface area contributed by atoms with Gasteiger partial charge in [0.05, 0.1) is 17.8 Å². The van der Waals surface area contributed by atoms with Gasteiger partial charge in [-0.15, -0.1) is 0 Å². The van der Waals surface area contributed by atoms with Gasteiger partial charge in [-0.05, 0) is 26.0 Å². The molecule has 3 rings (SSSR count). The number of nitrogens with zero attached hydrogens (tertiary/aromatic N) is 4. The summed E-state index contributed by atoms with van der Waals surface area (Å²) in [5, 5.41) is 17.5. The summed E-state index contributed by atoms with van der Waals surface area (Å²) in [5.41, 5.74) is 2.53. The van der Waals surface area contributed by atoms with Crippen LogP contribution in [0.2, 0.25) is 0 Å². The molecule has 3 aromatic rings. The van der Waals surface area contributed by atoms with Crippen molar-refractivity contribution in [2.24, 2.45) is 7.05 Å². The Labute approximate surface area is 134 Å². The fourth-order valence-electron chi connectivity index (χ4n) is 2.39. The van der Waals surface area contributed by atoms with E-state index in [1.54, 1.807) is 22.9 Å². The van der Waals surface area contributed by atoms with Crippen LogP contribution in [0.3, 0.4) is 0 Å². The van der Waals surface area contributed by atoms with Crippen LogP contribution in [0.25, 0.3) is 11.4 Å². The Morgan fingerprint density at radius 3 is 2.70 bits per heavy atom. The first kappa shape index (κ1) is 15.0. The van der Waals surface area contributed by atoms with Crippen molar-refractivity contribution in [2.45, 2.75) is 19.9 Å². The van der Waals surface area contributed by atoms with Crippen LogP contribution in [-0.2, 0) is 7.05 Å². The monoisotopic (exact) mass is 309 g/mol. The lowest BCUT2D eigenvalue weighted by Gasteiger charge is -2.14. The highest BCUT2D eigenvalue weighted by molar-refractivity contribution is 5.64. The molecule has 0 saturated heterocycles. The van der Waals surface area contributed by atoms with E-state index < -0.39 is 0 Å². The summed E-state index contributed by atoms with van der Waals surface area (Å²) in [6.45, 7) is 3.96. The smallest absolute Gasteiger partial charge is 0.165 e. The number of nitrogens with one attached hydrogen (secondary N) is 1. The number of phenolic OH excluding ortho intramolecular Hbond substituents is 1. The number of anilines is 1. The van der Waals surface area contributed by atoms with Gasteiger partial charge in [-0.3, -0.25) is 4.68 Å². The van der Waals surface area contributed by atoms with Gasteiger partial charge in [0.15, 0.2) is 5.82 Å². The van der Waals surface area contributed by atoms with Gasteiger partial charge in [-0.1, -0.05) is 12.1 Å².